The van der Waals surface area contributed by atoms with E-state index in [1.54, 1.807) is 0 Å². The normalized spacial score (nSPS) is 20.0. The van der Waals surface area contributed by atoms with E-state index in [0.717, 1.165) is 16.9 Å². The van der Waals surface area contributed by atoms with Crippen molar-refractivity contribution in [3.05, 3.63) is 65.7 Å². The number of rotatable bonds is 4. The van der Waals surface area contributed by atoms with Gasteiger partial charge in [0, 0.05) is 4.90 Å². The molecule has 2 nitrogen and oxygen atoms in total. The lowest BCUT2D eigenvalue weighted by molar-refractivity contribution is -0.119. The number of hydrogen-bond acceptors (Lipinski definition) is 2. The largest absolute Gasteiger partial charge is 0.347 e. The molecule has 0 saturated heterocycles. The zero-order valence-corrected chi connectivity index (χ0v) is 13.0. The van der Waals surface area contributed by atoms with Gasteiger partial charge in [-0.05, 0) is 29.7 Å². The van der Waals surface area contributed by atoms with E-state index in [-0.39, 0.29) is 17.3 Å². The third kappa shape index (κ3) is 3.42. The van der Waals surface area contributed by atoms with Gasteiger partial charge in [0.05, 0.1) is 17.2 Å². The first-order chi connectivity index (χ1) is 10.2. The molecule has 2 aromatic rings. The molecule has 4 heteroatoms. The molecular weight excluding hydrogens is 302 g/mol. The fourth-order valence-corrected chi connectivity index (χ4v) is 3.69. The van der Waals surface area contributed by atoms with Gasteiger partial charge in [-0.1, -0.05) is 42.5 Å². The SMILES string of the molecule is O=C(CSc1ccccc1)NC1c2ccccc2CC1Cl. The molecule has 108 valence electrons. The summed E-state index contributed by atoms with van der Waals surface area (Å²) in [5, 5.41) is 3.00. The Morgan fingerprint density at radius 1 is 1.14 bits per heavy atom. The van der Waals surface area contributed by atoms with E-state index in [1.807, 2.05) is 48.5 Å². The van der Waals surface area contributed by atoms with Crippen LogP contribution in [-0.2, 0) is 11.2 Å². The summed E-state index contributed by atoms with van der Waals surface area (Å²) in [6.07, 6.45) is 0.814. The molecule has 1 aliphatic rings. The molecule has 0 fully saturated rings. The molecule has 2 unspecified atom stereocenters. The number of nitrogens with one attached hydrogen (secondary N) is 1. The van der Waals surface area contributed by atoms with Gasteiger partial charge in [0.1, 0.15) is 0 Å². The molecule has 2 atom stereocenters. The molecule has 0 bridgehead atoms. The molecule has 1 amide bonds. The molecule has 0 aromatic heterocycles. The van der Waals surface area contributed by atoms with E-state index in [4.69, 9.17) is 11.6 Å². The first-order valence-corrected chi connectivity index (χ1v) is 8.35. The summed E-state index contributed by atoms with van der Waals surface area (Å²) in [7, 11) is 0. The molecule has 0 aliphatic heterocycles. The van der Waals surface area contributed by atoms with Crippen LogP contribution in [0.5, 0.6) is 0 Å². The van der Waals surface area contributed by atoms with Crippen molar-refractivity contribution in [3.8, 4) is 0 Å². The van der Waals surface area contributed by atoms with E-state index >= 15 is 0 Å². The summed E-state index contributed by atoms with van der Waals surface area (Å²) in [4.78, 5) is 13.2. The summed E-state index contributed by atoms with van der Waals surface area (Å²) in [6.45, 7) is 0. The topological polar surface area (TPSA) is 29.1 Å². The van der Waals surface area contributed by atoms with Gasteiger partial charge in [0.25, 0.3) is 0 Å². The lowest BCUT2D eigenvalue weighted by Gasteiger charge is -2.17. The molecule has 1 aliphatic carbocycles. The summed E-state index contributed by atoms with van der Waals surface area (Å²) in [5.41, 5.74) is 2.38. The maximum Gasteiger partial charge on any atom is 0.230 e. The number of amides is 1. The van der Waals surface area contributed by atoms with Crippen molar-refractivity contribution < 1.29 is 4.79 Å². The van der Waals surface area contributed by atoms with Crippen LogP contribution >= 0.6 is 23.4 Å². The van der Waals surface area contributed by atoms with E-state index in [9.17, 15) is 4.79 Å². The quantitative estimate of drug-likeness (QED) is 0.686. The number of halogens is 1. The van der Waals surface area contributed by atoms with Crippen molar-refractivity contribution in [1.82, 2.24) is 5.32 Å². The van der Waals surface area contributed by atoms with Gasteiger partial charge in [-0.25, -0.2) is 0 Å². The second-order valence-corrected chi connectivity index (χ2v) is 6.68. The van der Waals surface area contributed by atoms with Gasteiger partial charge >= 0.3 is 0 Å². The molecule has 1 N–H and O–H groups in total. The monoisotopic (exact) mass is 317 g/mol. The van der Waals surface area contributed by atoms with Crippen molar-refractivity contribution in [3.63, 3.8) is 0 Å². The number of thioether (sulfide) groups is 1. The minimum absolute atomic E-state index is 0.0243. The van der Waals surface area contributed by atoms with E-state index in [2.05, 4.69) is 11.4 Å². The Kier molecular flexibility index (Phi) is 4.51. The zero-order valence-electron chi connectivity index (χ0n) is 11.5. The van der Waals surface area contributed by atoms with Crippen molar-refractivity contribution in [2.75, 3.05) is 5.75 Å². The van der Waals surface area contributed by atoms with Gasteiger partial charge in [0.2, 0.25) is 5.91 Å². The third-order valence-electron chi connectivity index (χ3n) is 3.60. The van der Waals surface area contributed by atoms with Crippen molar-refractivity contribution >= 4 is 29.3 Å². The highest BCUT2D eigenvalue weighted by Crippen LogP contribution is 2.34. The van der Waals surface area contributed by atoms with Crippen LogP contribution < -0.4 is 5.32 Å². The third-order valence-corrected chi connectivity index (χ3v) is 5.01. The Labute approximate surface area is 133 Å². The van der Waals surface area contributed by atoms with Crippen LogP contribution in [0.15, 0.2) is 59.5 Å². The molecular formula is C17H16ClNOS. The molecule has 2 aromatic carbocycles. The summed E-state index contributed by atoms with van der Waals surface area (Å²) < 4.78 is 0. The Hall–Kier alpha value is -1.45. The van der Waals surface area contributed by atoms with Crippen LogP contribution in [0.25, 0.3) is 0 Å². The van der Waals surface area contributed by atoms with Gasteiger partial charge in [0.15, 0.2) is 0 Å². The number of fused-ring (bicyclic) bond motifs is 1. The predicted molar refractivity (Wildman–Crippen MR) is 87.8 cm³/mol. The van der Waals surface area contributed by atoms with Gasteiger partial charge in [-0.3, -0.25) is 4.79 Å². The molecule has 3 rings (SSSR count). The van der Waals surface area contributed by atoms with Crippen LogP contribution in [0.1, 0.15) is 17.2 Å². The first kappa shape index (κ1) is 14.5. The minimum Gasteiger partial charge on any atom is -0.347 e. The van der Waals surface area contributed by atoms with E-state index in [1.165, 1.54) is 17.3 Å². The number of carbonyl (C=O) groups excluding carboxylic acids is 1. The zero-order chi connectivity index (χ0) is 14.7. The molecule has 0 radical (unpaired) electrons. The summed E-state index contributed by atoms with van der Waals surface area (Å²) in [5.74, 6) is 0.433. The summed E-state index contributed by atoms with van der Waals surface area (Å²) in [6, 6.07) is 18.0. The number of hydrogen-bond donors (Lipinski definition) is 1. The molecule has 0 heterocycles. The van der Waals surface area contributed by atoms with Gasteiger partial charge in [-0.15, -0.1) is 23.4 Å². The van der Waals surface area contributed by atoms with Crippen LogP contribution in [0.2, 0.25) is 0 Å². The fraction of sp³-hybridized carbons (Fsp3) is 0.235. The average molecular weight is 318 g/mol. The van der Waals surface area contributed by atoms with Crippen LogP contribution in [0.4, 0.5) is 0 Å². The number of benzene rings is 2. The van der Waals surface area contributed by atoms with Crippen LogP contribution in [0, 0.1) is 0 Å². The molecule has 0 saturated carbocycles. The van der Waals surface area contributed by atoms with E-state index < -0.39 is 0 Å². The number of carbonyl (C=O) groups is 1. The first-order valence-electron chi connectivity index (χ1n) is 6.93. The lowest BCUT2D eigenvalue weighted by Crippen LogP contribution is -2.33. The molecule has 0 spiro atoms. The smallest absolute Gasteiger partial charge is 0.230 e. The Balaban J connectivity index is 1.60. The Morgan fingerprint density at radius 3 is 2.67 bits per heavy atom. The Bertz CT molecular complexity index is 632. The van der Waals surface area contributed by atoms with Crippen LogP contribution in [0.3, 0.4) is 0 Å². The second-order valence-electron chi connectivity index (χ2n) is 5.07. The fourth-order valence-electron chi connectivity index (χ4n) is 2.60. The van der Waals surface area contributed by atoms with E-state index in [0.29, 0.717) is 5.75 Å². The predicted octanol–water partition coefficient (Wildman–Crippen LogP) is 3.80. The van der Waals surface area contributed by atoms with Crippen LogP contribution in [-0.4, -0.2) is 17.0 Å². The lowest BCUT2D eigenvalue weighted by atomic mass is 10.1. The van der Waals surface area contributed by atoms with Crippen molar-refractivity contribution in [2.24, 2.45) is 0 Å². The van der Waals surface area contributed by atoms with Crippen molar-refractivity contribution in [1.29, 1.82) is 0 Å². The van der Waals surface area contributed by atoms with Gasteiger partial charge in [-0.2, -0.15) is 0 Å². The standard InChI is InChI=1S/C17H16ClNOS/c18-15-10-12-6-4-5-9-14(12)17(15)19-16(20)11-21-13-7-2-1-3-8-13/h1-9,15,17H,10-11H2,(H,19,20). The highest BCUT2D eigenvalue weighted by atomic mass is 35.5. The maximum absolute atomic E-state index is 12.1. The minimum atomic E-state index is -0.0771. The van der Waals surface area contributed by atoms with Gasteiger partial charge < -0.3 is 5.32 Å². The maximum atomic E-state index is 12.1. The second kappa shape index (κ2) is 6.54. The highest BCUT2D eigenvalue weighted by molar-refractivity contribution is 8.00. The van der Waals surface area contributed by atoms with Crippen molar-refractivity contribution in [2.45, 2.75) is 22.7 Å². The Morgan fingerprint density at radius 2 is 1.86 bits per heavy atom. The average Bonchev–Trinajstić information content (AvgIpc) is 2.82. The molecule has 21 heavy (non-hydrogen) atoms. The summed E-state index contributed by atoms with van der Waals surface area (Å²) >= 11 is 7.92. The highest BCUT2D eigenvalue weighted by Gasteiger charge is 2.31. The number of alkyl halides is 1.